The number of aromatic carboxylic acids is 1. The minimum Gasteiger partial charge on any atom is -0.478 e. The van der Waals surface area contributed by atoms with E-state index in [4.69, 9.17) is 5.11 Å². The minimum absolute atomic E-state index is 0.0271. The molecule has 0 saturated carbocycles. The smallest absolute Gasteiger partial charge is 0.337 e. The number of carboxylic acid groups (broad SMARTS) is 1. The number of aryl methyl sites for hydroxylation is 1. The average molecular weight is 291 g/mol. The lowest BCUT2D eigenvalue weighted by molar-refractivity contribution is 0.0698. The van der Waals surface area contributed by atoms with Crippen LogP contribution in [0.5, 0.6) is 0 Å². The van der Waals surface area contributed by atoms with Crippen molar-refractivity contribution in [2.24, 2.45) is 0 Å². The van der Waals surface area contributed by atoms with E-state index >= 15 is 0 Å². The van der Waals surface area contributed by atoms with Crippen molar-refractivity contribution in [1.82, 2.24) is 0 Å². The van der Waals surface area contributed by atoms with E-state index in [1.807, 2.05) is 0 Å². The Kier molecular flexibility index (Phi) is 3.98. The van der Waals surface area contributed by atoms with Gasteiger partial charge in [-0.25, -0.2) is 13.6 Å². The number of hydrogen-bond acceptors (Lipinski definition) is 2. The van der Waals surface area contributed by atoms with E-state index in [1.54, 1.807) is 13.0 Å². The van der Waals surface area contributed by atoms with E-state index in [2.05, 4.69) is 5.32 Å². The average Bonchev–Trinajstić information content (AvgIpc) is 2.40. The Labute approximate surface area is 119 Å². The van der Waals surface area contributed by atoms with Crippen LogP contribution in [0.25, 0.3) is 0 Å². The minimum atomic E-state index is -1.25. The Morgan fingerprint density at radius 3 is 2.29 bits per heavy atom. The van der Waals surface area contributed by atoms with Crippen LogP contribution >= 0.6 is 0 Å². The first kappa shape index (κ1) is 14.6. The molecular formula is C15H11F2NO3. The molecule has 2 aromatic rings. The van der Waals surface area contributed by atoms with Gasteiger partial charge in [0.1, 0.15) is 17.2 Å². The number of anilines is 1. The summed E-state index contributed by atoms with van der Waals surface area (Å²) >= 11 is 0. The van der Waals surface area contributed by atoms with Crippen molar-refractivity contribution in [2.45, 2.75) is 6.92 Å². The van der Waals surface area contributed by atoms with Crippen LogP contribution in [0.3, 0.4) is 0 Å². The van der Waals surface area contributed by atoms with Crippen molar-refractivity contribution < 1.29 is 23.5 Å². The molecule has 0 heterocycles. The van der Waals surface area contributed by atoms with Gasteiger partial charge in [0.2, 0.25) is 0 Å². The molecule has 6 heteroatoms. The van der Waals surface area contributed by atoms with Crippen molar-refractivity contribution in [3.63, 3.8) is 0 Å². The molecule has 0 saturated heterocycles. The fraction of sp³-hybridized carbons (Fsp3) is 0.0667. The molecule has 4 nitrogen and oxygen atoms in total. The van der Waals surface area contributed by atoms with Gasteiger partial charge in [0.25, 0.3) is 5.91 Å². The van der Waals surface area contributed by atoms with Crippen molar-refractivity contribution in [3.05, 3.63) is 64.7 Å². The van der Waals surface area contributed by atoms with Gasteiger partial charge in [0, 0.05) is 0 Å². The number of rotatable bonds is 3. The van der Waals surface area contributed by atoms with Gasteiger partial charge in [-0.15, -0.1) is 0 Å². The summed E-state index contributed by atoms with van der Waals surface area (Å²) in [5, 5.41) is 11.3. The molecule has 21 heavy (non-hydrogen) atoms. The number of benzene rings is 2. The van der Waals surface area contributed by atoms with E-state index in [9.17, 15) is 18.4 Å². The van der Waals surface area contributed by atoms with E-state index in [0.29, 0.717) is 5.56 Å². The lowest BCUT2D eigenvalue weighted by Crippen LogP contribution is -2.18. The van der Waals surface area contributed by atoms with Crippen LogP contribution in [-0.4, -0.2) is 17.0 Å². The Hall–Kier alpha value is -2.76. The zero-order valence-corrected chi connectivity index (χ0v) is 11.0. The van der Waals surface area contributed by atoms with Crippen LogP contribution < -0.4 is 5.32 Å². The Bertz CT molecular complexity index is 709. The molecule has 0 aliphatic rings. The summed E-state index contributed by atoms with van der Waals surface area (Å²) in [4.78, 5) is 23.1. The van der Waals surface area contributed by atoms with E-state index in [-0.39, 0.29) is 11.3 Å². The lowest BCUT2D eigenvalue weighted by Gasteiger charge is -2.10. The summed E-state index contributed by atoms with van der Waals surface area (Å²) in [6, 6.07) is 7.34. The summed E-state index contributed by atoms with van der Waals surface area (Å²) in [5.74, 6) is -4.33. The first-order chi connectivity index (χ1) is 9.90. The first-order valence-electron chi connectivity index (χ1n) is 5.99. The van der Waals surface area contributed by atoms with Crippen molar-refractivity contribution >= 4 is 17.6 Å². The Balaban J connectivity index is 2.39. The second-order valence-electron chi connectivity index (χ2n) is 4.40. The zero-order chi connectivity index (χ0) is 15.6. The standard InChI is InChI=1S/C15H11F2NO3/c1-8-5-6-12(9(7-8)15(20)21)18-14(19)13-10(16)3-2-4-11(13)17/h2-7H,1H3,(H,18,19)(H,20,21). The van der Waals surface area contributed by atoms with Crippen molar-refractivity contribution in [2.75, 3.05) is 5.32 Å². The van der Waals surface area contributed by atoms with Crippen LogP contribution in [0.15, 0.2) is 36.4 Å². The van der Waals surface area contributed by atoms with Crippen LogP contribution in [-0.2, 0) is 0 Å². The molecule has 2 rings (SSSR count). The normalized spacial score (nSPS) is 10.2. The van der Waals surface area contributed by atoms with Crippen molar-refractivity contribution in [3.8, 4) is 0 Å². The molecule has 0 aliphatic carbocycles. The number of carboxylic acids is 1. The fourth-order valence-electron chi connectivity index (χ4n) is 1.84. The van der Waals surface area contributed by atoms with E-state index in [0.717, 1.165) is 18.2 Å². The zero-order valence-electron chi connectivity index (χ0n) is 11.0. The number of carbonyl (C=O) groups excluding carboxylic acids is 1. The van der Waals surface area contributed by atoms with Gasteiger partial charge >= 0.3 is 5.97 Å². The monoisotopic (exact) mass is 291 g/mol. The third-order valence-electron chi connectivity index (χ3n) is 2.84. The number of nitrogens with one attached hydrogen (secondary N) is 1. The first-order valence-corrected chi connectivity index (χ1v) is 5.99. The predicted octanol–water partition coefficient (Wildman–Crippen LogP) is 3.22. The molecule has 0 aromatic heterocycles. The molecule has 2 aromatic carbocycles. The number of halogens is 2. The second kappa shape index (κ2) is 5.70. The van der Waals surface area contributed by atoms with Gasteiger partial charge in [-0.2, -0.15) is 0 Å². The van der Waals surface area contributed by atoms with Gasteiger partial charge < -0.3 is 10.4 Å². The van der Waals surface area contributed by atoms with Gasteiger partial charge in [-0.1, -0.05) is 17.7 Å². The van der Waals surface area contributed by atoms with Crippen LogP contribution in [0, 0.1) is 18.6 Å². The summed E-state index contributed by atoms with van der Waals surface area (Å²) in [6.07, 6.45) is 0. The predicted molar refractivity (Wildman–Crippen MR) is 72.4 cm³/mol. The molecule has 0 radical (unpaired) electrons. The van der Waals surface area contributed by atoms with Crippen molar-refractivity contribution in [1.29, 1.82) is 0 Å². The highest BCUT2D eigenvalue weighted by Crippen LogP contribution is 2.20. The summed E-state index contributed by atoms with van der Waals surface area (Å²) < 4.78 is 27.0. The van der Waals surface area contributed by atoms with Crippen LogP contribution in [0.1, 0.15) is 26.3 Å². The molecule has 0 atom stereocenters. The topological polar surface area (TPSA) is 66.4 Å². The molecule has 0 aliphatic heterocycles. The number of hydrogen-bond donors (Lipinski definition) is 2. The lowest BCUT2D eigenvalue weighted by atomic mass is 10.1. The number of amides is 1. The highest BCUT2D eigenvalue weighted by atomic mass is 19.1. The van der Waals surface area contributed by atoms with Gasteiger partial charge in [-0.3, -0.25) is 4.79 Å². The second-order valence-corrected chi connectivity index (χ2v) is 4.40. The summed E-state index contributed by atoms with van der Waals surface area (Å²) in [7, 11) is 0. The Morgan fingerprint density at radius 2 is 1.71 bits per heavy atom. The molecule has 0 fully saturated rings. The third kappa shape index (κ3) is 3.05. The van der Waals surface area contributed by atoms with Gasteiger partial charge in [0.05, 0.1) is 11.3 Å². The highest BCUT2D eigenvalue weighted by molar-refractivity contribution is 6.08. The molecule has 0 bridgehead atoms. The molecule has 0 unspecified atom stereocenters. The molecule has 2 N–H and O–H groups in total. The quantitative estimate of drug-likeness (QED) is 0.912. The molecule has 108 valence electrons. The fourth-order valence-corrected chi connectivity index (χ4v) is 1.84. The van der Waals surface area contributed by atoms with Crippen LogP contribution in [0.2, 0.25) is 0 Å². The maximum atomic E-state index is 13.5. The van der Waals surface area contributed by atoms with Crippen LogP contribution in [0.4, 0.5) is 14.5 Å². The third-order valence-corrected chi connectivity index (χ3v) is 2.84. The van der Waals surface area contributed by atoms with Gasteiger partial charge in [-0.05, 0) is 31.2 Å². The SMILES string of the molecule is Cc1ccc(NC(=O)c2c(F)cccc2F)c(C(=O)O)c1. The van der Waals surface area contributed by atoms with Gasteiger partial charge in [0.15, 0.2) is 0 Å². The summed E-state index contributed by atoms with van der Waals surface area (Å²) in [6.45, 7) is 1.69. The van der Waals surface area contributed by atoms with E-state index < -0.39 is 29.1 Å². The maximum absolute atomic E-state index is 13.5. The molecule has 0 spiro atoms. The maximum Gasteiger partial charge on any atom is 0.337 e. The summed E-state index contributed by atoms with van der Waals surface area (Å²) in [5.41, 5.74) is -0.252. The molecular weight excluding hydrogens is 280 g/mol. The molecule has 1 amide bonds. The largest absolute Gasteiger partial charge is 0.478 e. The highest BCUT2D eigenvalue weighted by Gasteiger charge is 2.19. The Morgan fingerprint density at radius 1 is 1.10 bits per heavy atom. The number of carbonyl (C=O) groups is 2. The van der Waals surface area contributed by atoms with E-state index in [1.165, 1.54) is 12.1 Å².